The van der Waals surface area contributed by atoms with E-state index in [0.29, 0.717) is 0 Å². The Morgan fingerprint density at radius 2 is 2.00 bits per heavy atom. The molecule has 4 N–H and O–H groups in total. The highest BCUT2D eigenvalue weighted by atomic mass is 16.3. The average Bonchev–Trinajstić information content (AvgIpc) is 2.34. The monoisotopic (exact) mass is 248 g/mol. The molecule has 1 aromatic carbocycles. The van der Waals surface area contributed by atoms with Gasteiger partial charge in [0, 0.05) is 17.6 Å². The molecule has 1 fully saturated rings. The van der Waals surface area contributed by atoms with Gasteiger partial charge in [-0.1, -0.05) is 0 Å². The molecule has 1 aromatic rings. The molecule has 0 saturated heterocycles. The second kappa shape index (κ2) is 5.40. The van der Waals surface area contributed by atoms with Crippen LogP contribution < -0.4 is 11.1 Å². The van der Waals surface area contributed by atoms with Gasteiger partial charge in [0.15, 0.2) is 0 Å². The maximum Gasteiger partial charge on any atom is 0.227 e. The van der Waals surface area contributed by atoms with Crippen LogP contribution in [0.5, 0.6) is 5.75 Å². The van der Waals surface area contributed by atoms with Crippen molar-refractivity contribution in [2.45, 2.75) is 38.6 Å². The molecule has 0 atom stereocenters. The van der Waals surface area contributed by atoms with E-state index < -0.39 is 0 Å². The van der Waals surface area contributed by atoms with Gasteiger partial charge in [-0.3, -0.25) is 4.79 Å². The molecule has 4 heteroatoms. The van der Waals surface area contributed by atoms with Gasteiger partial charge in [0.25, 0.3) is 0 Å². The number of amides is 1. The smallest absolute Gasteiger partial charge is 0.227 e. The quantitative estimate of drug-likeness (QED) is 0.702. The fourth-order valence-electron chi connectivity index (χ4n) is 2.36. The third-order valence-corrected chi connectivity index (χ3v) is 3.61. The molecule has 0 spiro atoms. The van der Waals surface area contributed by atoms with E-state index in [1.807, 2.05) is 6.92 Å². The van der Waals surface area contributed by atoms with E-state index in [1.165, 1.54) is 0 Å². The third-order valence-electron chi connectivity index (χ3n) is 3.61. The molecule has 0 heterocycles. The van der Waals surface area contributed by atoms with Crippen LogP contribution in [-0.4, -0.2) is 17.1 Å². The van der Waals surface area contributed by atoms with Crippen molar-refractivity contribution in [3.05, 3.63) is 23.8 Å². The van der Waals surface area contributed by atoms with Crippen molar-refractivity contribution in [1.82, 2.24) is 0 Å². The first-order valence-corrected chi connectivity index (χ1v) is 6.42. The summed E-state index contributed by atoms with van der Waals surface area (Å²) < 4.78 is 0. The molecule has 1 aliphatic rings. The van der Waals surface area contributed by atoms with Gasteiger partial charge in [-0.25, -0.2) is 0 Å². The van der Waals surface area contributed by atoms with Gasteiger partial charge in [0.2, 0.25) is 5.91 Å². The maximum atomic E-state index is 12.1. The van der Waals surface area contributed by atoms with E-state index in [-0.39, 0.29) is 23.6 Å². The van der Waals surface area contributed by atoms with Crippen LogP contribution in [0.4, 0.5) is 5.69 Å². The average molecular weight is 248 g/mol. The number of rotatable bonds is 2. The number of hydrogen-bond acceptors (Lipinski definition) is 3. The zero-order valence-corrected chi connectivity index (χ0v) is 10.6. The van der Waals surface area contributed by atoms with Crippen molar-refractivity contribution in [1.29, 1.82) is 0 Å². The molecule has 0 radical (unpaired) electrons. The second-order valence-corrected chi connectivity index (χ2v) is 5.10. The zero-order chi connectivity index (χ0) is 13.1. The molecule has 1 saturated carbocycles. The number of phenolic OH excluding ortho intramolecular Hbond substituents is 1. The molecule has 0 unspecified atom stereocenters. The van der Waals surface area contributed by atoms with Crippen LogP contribution in [0.15, 0.2) is 18.2 Å². The van der Waals surface area contributed by atoms with Crippen LogP contribution in [0.1, 0.15) is 31.2 Å². The Bertz CT molecular complexity index is 437. The van der Waals surface area contributed by atoms with E-state index >= 15 is 0 Å². The SMILES string of the molecule is Cc1cc(NC(=O)C2CCC(N)CC2)ccc1O. The fraction of sp³-hybridized carbons (Fsp3) is 0.500. The van der Waals surface area contributed by atoms with Crippen LogP contribution in [0.25, 0.3) is 0 Å². The molecular formula is C14H20N2O2. The Morgan fingerprint density at radius 1 is 1.33 bits per heavy atom. The normalized spacial score (nSPS) is 23.7. The fourth-order valence-corrected chi connectivity index (χ4v) is 2.36. The van der Waals surface area contributed by atoms with Crippen molar-refractivity contribution in [3.63, 3.8) is 0 Å². The van der Waals surface area contributed by atoms with Crippen molar-refractivity contribution in [3.8, 4) is 5.75 Å². The lowest BCUT2D eigenvalue weighted by Crippen LogP contribution is -2.32. The number of nitrogens with one attached hydrogen (secondary N) is 1. The number of carbonyl (C=O) groups is 1. The van der Waals surface area contributed by atoms with Crippen molar-refractivity contribution < 1.29 is 9.90 Å². The molecule has 2 rings (SSSR count). The van der Waals surface area contributed by atoms with Crippen molar-refractivity contribution in [2.75, 3.05) is 5.32 Å². The Hall–Kier alpha value is -1.55. The van der Waals surface area contributed by atoms with Gasteiger partial charge >= 0.3 is 0 Å². The second-order valence-electron chi connectivity index (χ2n) is 5.10. The number of benzene rings is 1. The number of carbonyl (C=O) groups excluding carboxylic acids is 1. The summed E-state index contributed by atoms with van der Waals surface area (Å²) in [6, 6.07) is 5.35. The van der Waals surface area contributed by atoms with Crippen LogP contribution in [0, 0.1) is 12.8 Å². The molecule has 0 aliphatic heterocycles. The van der Waals surface area contributed by atoms with Gasteiger partial charge in [-0.15, -0.1) is 0 Å². The molecule has 98 valence electrons. The van der Waals surface area contributed by atoms with Gasteiger partial charge in [0.1, 0.15) is 5.75 Å². The summed E-state index contributed by atoms with van der Waals surface area (Å²) in [5.74, 6) is 0.377. The van der Waals surface area contributed by atoms with Gasteiger partial charge in [-0.05, 0) is 56.4 Å². The minimum Gasteiger partial charge on any atom is -0.508 e. The topological polar surface area (TPSA) is 75.4 Å². The summed E-state index contributed by atoms with van der Waals surface area (Å²) in [5, 5.41) is 12.3. The standard InChI is InChI=1S/C14H20N2O2/c1-9-8-12(6-7-13(9)17)16-14(18)10-2-4-11(15)5-3-10/h6-8,10-11,17H,2-5,15H2,1H3,(H,16,18). The Balaban J connectivity index is 1.96. The van der Waals surface area contributed by atoms with Gasteiger partial charge in [0.05, 0.1) is 0 Å². The predicted molar refractivity (Wildman–Crippen MR) is 71.4 cm³/mol. The molecule has 1 aliphatic carbocycles. The summed E-state index contributed by atoms with van der Waals surface area (Å²) in [7, 11) is 0. The Kier molecular flexibility index (Phi) is 3.87. The summed E-state index contributed by atoms with van der Waals surface area (Å²) in [6.45, 7) is 1.81. The predicted octanol–water partition coefficient (Wildman–Crippen LogP) is 2.16. The maximum absolute atomic E-state index is 12.1. The number of aryl methyl sites for hydroxylation is 1. The number of phenols is 1. The van der Waals surface area contributed by atoms with Gasteiger partial charge < -0.3 is 16.2 Å². The highest BCUT2D eigenvalue weighted by molar-refractivity contribution is 5.92. The molecule has 18 heavy (non-hydrogen) atoms. The van der Waals surface area contributed by atoms with Crippen LogP contribution in [0.2, 0.25) is 0 Å². The molecule has 1 amide bonds. The lowest BCUT2D eigenvalue weighted by molar-refractivity contribution is -0.120. The minimum absolute atomic E-state index is 0.0620. The van der Waals surface area contributed by atoms with Crippen LogP contribution in [-0.2, 0) is 4.79 Å². The first-order valence-electron chi connectivity index (χ1n) is 6.42. The number of anilines is 1. The molecule has 0 bridgehead atoms. The van der Waals surface area contributed by atoms with E-state index in [1.54, 1.807) is 18.2 Å². The first-order chi connectivity index (χ1) is 8.56. The molecule has 4 nitrogen and oxygen atoms in total. The van der Waals surface area contributed by atoms with Crippen LogP contribution >= 0.6 is 0 Å². The Morgan fingerprint density at radius 3 is 2.61 bits per heavy atom. The minimum atomic E-state index is 0.0620. The van der Waals surface area contributed by atoms with E-state index in [2.05, 4.69) is 5.32 Å². The van der Waals surface area contributed by atoms with E-state index in [9.17, 15) is 9.90 Å². The molecule has 0 aromatic heterocycles. The summed E-state index contributed by atoms with van der Waals surface area (Å²) >= 11 is 0. The van der Waals surface area contributed by atoms with E-state index in [4.69, 9.17) is 5.73 Å². The largest absolute Gasteiger partial charge is 0.508 e. The first kappa shape index (κ1) is 12.9. The third kappa shape index (κ3) is 3.01. The number of hydrogen-bond donors (Lipinski definition) is 3. The highest BCUT2D eigenvalue weighted by Gasteiger charge is 2.24. The van der Waals surface area contributed by atoms with Crippen molar-refractivity contribution in [2.24, 2.45) is 11.7 Å². The molecular weight excluding hydrogens is 228 g/mol. The highest BCUT2D eigenvalue weighted by Crippen LogP contribution is 2.25. The van der Waals surface area contributed by atoms with Gasteiger partial charge in [-0.2, -0.15) is 0 Å². The summed E-state index contributed by atoms with van der Waals surface area (Å²) in [5.41, 5.74) is 7.33. The zero-order valence-electron chi connectivity index (χ0n) is 10.6. The lowest BCUT2D eigenvalue weighted by atomic mass is 9.86. The van der Waals surface area contributed by atoms with Crippen LogP contribution in [0.3, 0.4) is 0 Å². The lowest BCUT2D eigenvalue weighted by Gasteiger charge is -2.25. The number of aromatic hydroxyl groups is 1. The van der Waals surface area contributed by atoms with Crippen molar-refractivity contribution >= 4 is 11.6 Å². The van der Waals surface area contributed by atoms with E-state index in [0.717, 1.165) is 36.9 Å². The Labute approximate surface area is 107 Å². The number of nitrogens with two attached hydrogens (primary N) is 1. The summed E-state index contributed by atoms with van der Waals surface area (Å²) in [6.07, 6.45) is 3.58. The summed E-state index contributed by atoms with van der Waals surface area (Å²) in [4.78, 5) is 12.1.